The Morgan fingerprint density at radius 3 is 2.51 bits per heavy atom. The molecule has 0 aliphatic carbocycles. The van der Waals surface area contributed by atoms with Gasteiger partial charge in [-0.3, -0.25) is 5.43 Å². The molecule has 0 amide bonds. The Kier molecular flexibility index (Phi) is 8.15. The Labute approximate surface area is 221 Å². The molecule has 3 aromatic carbocycles. The van der Waals surface area contributed by atoms with Crippen LogP contribution in [-0.4, -0.2) is 30.8 Å². The van der Waals surface area contributed by atoms with Crippen molar-refractivity contribution in [3.8, 4) is 11.5 Å². The molecule has 1 aromatic heterocycles. The summed E-state index contributed by atoms with van der Waals surface area (Å²) in [5.74, 6) is 1.85. The highest BCUT2D eigenvalue weighted by Crippen LogP contribution is 2.35. The first-order chi connectivity index (χ1) is 17.0. The molecule has 0 saturated carbocycles. The van der Waals surface area contributed by atoms with Crippen molar-refractivity contribution in [1.82, 2.24) is 10.4 Å². The standard InChI is InChI=1S/C27H24Br2N4O2/c1-4-35-24-12-9-18(15-25(24)34-3)16-30-33-27(32-26-20(28)13-17(2)14-21(26)29)23-11-10-19-7-5-6-8-22(19)31-23/h5-16H,4H2,1-3H3,(H,32,33). The van der Waals surface area contributed by atoms with Crippen LogP contribution in [0.1, 0.15) is 23.7 Å². The number of benzene rings is 3. The van der Waals surface area contributed by atoms with Gasteiger partial charge in [-0.25, -0.2) is 9.98 Å². The van der Waals surface area contributed by atoms with Crippen LogP contribution in [0.3, 0.4) is 0 Å². The molecule has 0 spiro atoms. The third-order valence-electron chi connectivity index (χ3n) is 5.10. The van der Waals surface area contributed by atoms with Crippen molar-refractivity contribution >= 4 is 60.5 Å². The van der Waals surface area contributed by atoms with Crippen molar-refractivity contribution in [2.45, 2.75) is 13.8 Å². The Morgan fingerprint density at radius 2 is 1.77 bits per heavy atom. The summed E-state index contributed by atoms with van der Waals surface area (Å²) >= 11 is 7.26. The topological polar surface area (TPSA) is 68.1 Å². The molecule has 0 atom stereocenters. The number of rotatable bonds is 7. The average molecular weight is 596 g/mol. The maximum Gasteiger partial charge on any atom is 0.173 e. The summed E-state index contributed by atoms with van der Waals surface area (Å²) in [7, 11) is 1.62. The van der Waals surface area contributed by atoms with Gasteiger partial charge in [-0.15, -0.1) is 0 Å². The van der Waals surface area contributed by atoms with Gasteiger partial charge in [0, 0.05) is 14.3 Å². The number of hydrazone groups is 1. The van der Waals surface area contributed by atoms with E-state index >= 15 is 0 Å². The third-order valence-corrected chi connectivity index (χ3v) is 6.31. The third kappa shape index (κ3) is 6.07. The fourth-order valence-electron chi connectivity index (χ4n) is 3.46. The number of para-hydroxylation sites is 1. The molecule has 6 nitrogen and oxygen atoms in total. The number of aliphatic imine (C=N–C) groups is 1. The minimum absolute atomic E-state index is 0.509. The molecule has 1 heterocycles. The molecule has 1 N–H and O–H groups in total. The molecule has 8 heteroatoms. The summed E-state index contributed by atoms with van der Waals surface area (Å²) in [5, 5.41) is 5.50. The number of hydrogen-bond acceptors (Lipinski definition) is 5. The minimum Gasteiger partial charge on any atom is -0.493 e. The zero-order chi connectivity index (χ0) is 24.8. The van der Waals surface area contributed by atoms with Crippen molar-refractivity contribution < 1.29 is 9.47 Å². The number of halogens is 2. The van der Waals surface area contributed by atoms with Crippen molar-refractivity contribution in [2.75, 3.05) is 13.7 Å². The minimum atomic E-state index is 0.509. The van der Waals surface area contributed by atoms with E-state index in [-0.39, 0.29) is 0 Å². The second-order valence-corrected chi connectivity index (χ2v) is 9.35. The van der Waals surface area contributed by atoms with E-state index in [1.807, 2.05) is 80.6 Å². The lowest BCUT2D eigenvalue weighted by Gasteiger charge is -2.10. The number of fused-ring (bicyclic) bond motifs is 1. The van der Waals surface area contributed by atoms with Crippen LogP contribution in [0.15, 0.2) is 85.8 Å². The summed E-state index contributed by atoms with van der Waals surface area (Å²) in [6.07, 6.45) is 1.70. The fraction of sp³-hybridized carbons (Fsp3) is 0.148. The summed E-state index contributed by atoms with van der Waals surface area (Å²) in [4.78, 5) is 9.67. The number of hydrogen-bond donors (Lipinski definition) is 1. The van der Waals surface area contributed by atoms with Crippen molar-refractivity contribution in [1.29, 1.82) is 0 Å². The van der Waals surface area contributed by atoms with Gasteiger partial charge >= 0.3 is 0 Å². The molecular weight excluding hydrogens is 572 g/mol. The van der Waals surface area contributed by atoms with Crippen molar-refractivity contribution in [3.63, 3.8) is 0 Å². The first-order valence-electron chi connectivity index (χ1n) is 11.0. The summed E-state index contributed by atoms with van der Waals surface area (Å²) in [5.41, 5.74) is 7.34. The van der Waals surface area contributed by atoms with Gasteiger partial charge in [0.25, 0.3) is 0 Å². The maximum atomic E-state index is 5.59. The summed E-state index contributed by atoms with van der Waals surface area (Å²) in [6.45, 7) is 4.53. The lowest BCUT2D eigenvalue weighted by Crippen LogP contribution is -2.20. The number of aromatic nitrogens is 1. The summed E-state index contributed by atoms with van der Waals surface area (Å²) < 4.78 is 12.8. The van der Waals surface area contributed by atoms with Gasteiger partial charge in [0.1, 0.15) is 5.69 Å². The molecule has 0 unspecified atom stereocenters. The van der Waals surface area contributed by atoms with Gasteiger partial charge in [-0.2, -0.15) is 5.10 Å². The monoisotopic (exact) mass is 594 g/mol. The van der Waals surface area contributed by atoms with Crippen LogP contribution < -0.4 is 14.9 Å². The van der Waals surface area contributed by atoms with Gasteiger partial charge < -0.3 is 9.47 Å². The number of amidine groups is 1. The second kappa shape index (κ2) is 11.5. The summed E-state index contributed by atoms with van der Waals surface area (Å²) in [6, 6.07) is 21.6. The normalized spacial score (nSPS) is 11.7. The number of ether oxygens (including phenoxy) is 2. The predicted octanol–water partition coefficient (Wildman–Crippen LogP) is 7.18. The number of pyridine rings is 1. The Balaban J connectivity index is 1.71. The van der Waals surface area contributed by atoms with Crippen molar-refractivity contribution in [2.24, 2.45) is 10.1 Å². The molecular formula is C27H24Br2N4O2. The number of nitrogens with one attached hydrogen (secondary N) is 1. The Hall–Kier alpha value is -3.23. The van der Waals surface area contributed by atoms with E-state index in [0.717, 1.165) is 36.7 Å². The lowest BCUT2D eigenvalue weighted by molar-refractivity contribution is 0.311. The van der Waals surface area contributed by atoms with E-state index in [0.29, 0.717) is 29.6 Å². The van der Waals surface area contributed by atoms with E-state index in [9.17, 15) is 0 Å². The number of aryl methyl sites for hydroxylation is 1. The van der Waals surface area contributed by atoms with Crippen LogP contribution in [0.25, 0.3) is 10.9 Å². The zero-order valence-electron chi connectivity index (χ0n) is 19.5. The van der Waals surface area contributed by atoms with Gasteiger partial charge in [0.2, 0.25) is 0 Å². The van der Waals surface area contributed by atoms with E-state index in [2.05, 4.69) is 42.4 Å². The van der Waals surface area contributed by atoms with E-state index < -0.39 is 0 Å². The molecule has 0 fully saturated rings. The van der Waals surface area contributed by atoms with Gasteiger partial charge in [0.15, 0.2) is 17.3 Å². The van der Waals surface area contributed by atoms with Crippen LogP contribution >= 0.6 is 31.9 Å². The highest BCUT2D eigenvalue weighted by Gasteiger charge is 2.11. The van der Waals surface area contributed by atoms with Gasteiger partial charge in [-0.05, 0) is 99.3 Å². The number of nitrogens with zero attached hydrogens (tertiary/aromatic N) is 3. The van der Waals surface area contributed by atoms with E-state index in [4.69, 9.17) is 19.5 Å². The Morgan fingerprint density at radius 1 is 1.00 bits per heavy atom. The van der Waals surface area contributed by atoms with Crippen LogP contribution in [-0.2, 0) is 0 Å². The van der Waals surface area contributed by atoms with E-state index in [1.54, 1.807) is 13.3 Å². The smallest absolute Gasteiger partial charge is 0.173 e. The highest BCUT2D eigenvalue weighted by molar-refractivity contribution is 9.11. The first-order valence-corrected chi connectivity index (χ1v) is 12.6. The molecule has 0 bridgehead atoms. The average Bonchev–Trinajstić information content (AvgIpc) is 2.85. The second-order valence-electron chi connectivity index (χ2n) is 7.64. The first kappa shape index (κ1) is 24.9. The van der Waals surface area contributed by atoms with Crippen LogP contribution in [0.5, 0.6) is 11.5 Å². The quantitative estimate of drug-likeness (QED) is 0.140. The highest BCUT2D eigenvalue weighted by atomic mass is 79.9. The van der Waals surface area contributed by atoms with Crippen LogP contribution in [0.2, 0.25) is 0 Å². The van der Waals surface area contributed by atoms with E-state index in [1.165, 1.54) is 0 Å². The van der Waals surface area contributed by atoms with Crippen molar-refractivity contribution in [3.05, 3.63) is 92.5 Å². The van der Waals surface area contributed by atoms with Crippen LogP contribution in [0.4, 0.5) is 5.69 Å². The maximum absolute atomic E-state index is 5.59. The molecule has 0 radical (unpaired) electrons. The molecule has 4 aromatic rings. The van der Waals surface area contributed by atoms with Crippen LogP contribution in [0, 0.1) is 6.92 Å². The number of methoxy groups -OCH3 is 1. The molecule has 35 heavy (non-hydrogen) atoms. The van der Waals surface area contributed by atoms with Gasteiger partial charge in [-0.1, -0.05) is 24.3 Å². The zero-order valence-corrected chi connectivity index (χ0v) is 22.7. The predicted molar refractivity (Wildman–Crippen MR) is 149 cm³/mol. The Bertz CT molecular complexity index is 1400. The largest absolute Gasteiger partial charge is 0.493 e. The molecule has 0 aliphatic heterocycles. The molecule has 0 aliphatic rings. The molecule has 0 saturated heterocycles. The lowest BCUT2D eigenvalue weighted by atomic mass is 10.2. The SMILES string of the molecule is CCOc1ccc(C=NNC(=Nc2c(Br)cc(C)cc2Br)c2ccc3ccccc3n2)cc1OC. The fourth-order valence-corrected chi connectivity index (χ4v) is 5.05. The molecule has 178 valence electrons. The molecule has 4 rings (SSSR count). The van der Waals surface area contributed by atoms with Gasteiger partial charge in [0.05, 0.1) is 31.1 Å².